The Morgan fingerprint density at radius 3 is 2.44 bits per heavy atom. The van der Waals surface area contributed by atoms with Crippen molar-refractivity contribution in [3.05, 3.63) is 0 Å². The van der Waals surface area contributed by atoms with Crippen molar-refractivity contribution in [3.63, 3.8) is 0 Å². The highest BCUT2D eigenvalue weighted by Crippen LogP contribution is 2.47. The van der Waals surface area contributed by atoms with E-state index in [-0.39, 0.29) is 12.3 Å². The summed E-state index contributed by atoms with van der Waals surface area (Å²) in [6, 6.07) is 1.82. The first-order chi connectivity index (χ1) is 8.49. The Labute approximate surface area is 110 Å². The molecule has 0 bridgehead atoms. The third-order valence-electron chi connectivity index (χ3n) is 4.37. The Hall–Kier alpha value is -0.160. The molecule has 0 aromatic carbocycles. The zero-order valence-corrected chi connectivity index (χ0v) is 11.8. The van der Waals surface area contributed by atoms with Crippen LogP contribution in [0.1, 0.15) is 40.5 Å². The van der Waals surface area contributed by atoms with Crippen molar-refractivity contribution in [3.8, 4) is 0 Å². The second-order valence-electron chi connectivity index (χ2n) is 6.98. The molecule has 3 aliphatic rings. The maximum atomic E-state index is 9.95. The highest BCUT2D eigenvalue weighted by molar-refractivity contribution is 5.16. The molecular formula is C14H26N2O2. The van der Waals surface area contributed by atoms with E-state index < -0.39 is 6.29 Å². The number of fused-ring (bicyclic) bond motifs is 1. The third kappa shape index (κ3) is 2.20. The molecule has 0 aliphatic carbocycles. The van der Waals surface area contributed by atoms with E-state index in [1.54, 1.807) is 0 Å². The summed E-state index contributed by atoms with van der Waals surface area (Å²) in [4.78, 5) is 2.38. The van der Waals surface area contributed by atoms with Crippen molar-refractivity contribution >= 4 is 0 Å². The van der Waals surface area contributed by atoms with Gasteiger partial charge in [-0.25, -0.2) is 0 Å². The van der Waals surface area contributed by atoms with Crippen LogP contribution in [-0.2, 0) is 4.74 Å². The van der Waals surface area contributed by atoms with Crippen LogP contribution in [0.2, 0.25) is 0 Å². The lowest BCUT2D eigenvalue weighted by molar-refractivity contribution is -0.118. The summed E-state index contributed by atoms with van der Waals surface area (Å²) in [6.07, 6.45) is 1.91. The van der Waals surface area contributed by atoms with E-state index in [0.29, 0.717) is 24.0 Å². The molecule has 0 aromatic heterocycles. The number of nitrogens with zero attached hydrogens (tertiary/aromatic N) is 1. The summed E-state index contributed by atoms with van der Waals surface area (Å²) in [5, 5.41) is 13.5. The molecule has 4 nitrogen and oxygen atoms in total. The van der Waals surface area contributed by atoms with E-state index in [1.165, 1.54) is 12.8 Å². The fourth-order valence-corrected chi connectivity index (χ4v) is 3.52. The normalized spacial score (nSPS) is 49.8. The predicted molar refractivity (Wildman–Crippen MR) is 69.9 cm³/mol. The SMILES string of the molecule is CC(C)C[C@@H]1N[C@H]1[C@@H]1O[C@H](O)[C@H]2[C@H](CC(C)C)N21. The van der Waals surface area contributed by atoms with Gasteiger partial charge in [-0.05, 0) is 24.7 Å². The molecule has 7 atom stereocenters. The van der Waals surface area contributed by atoms with Gasteiger partial charge in [-0.15, -0.1) is 0 Å². The molecular weight excluding hydrogens is 228 g/mol. The molecule has 0 amide bonds. The Kier molecular flexibility index (Phi) is 3.17. The first kappa shape index (κ1) is 12.9. The van der Waals surface area contributed by atoms with E-state index in [9.17, 15) is 5.11 Å². The first-order valence-electron chi connectivity index (χ1n) is 7.36. The number of hydrogen-bond donors (Lipinski definition) is 2. The van der Waals surface area contributed by atoms with Crippen molar-refractivity contribution in [1.29, 1.82) is 0 Å². The van der Waals surface area contributed by atoms with Crippen LogP contribution in [0.3, 0.4) is 0 Å². The lowest BCUT2D eigenvalue weighted by Crippen LogP contribution is -2.32. The van der Waals surface area contributed by atoms with Gasteiger partial charge in [0, 0.05) is 12.1 Å². The molecule has 0 spiro atoms. The van der Waals surface area contributed by atoms with Crippen LogP contribution >= 0.6 is 0 Å². The Morgan fingerprint density at radius 1 is 1.17 bits per heavy atom. The fourth-order valence-electron chi connectivity index (χ4n) is 3.52. The van der Waals surface area contributed by atoms with Crippen LogP contribution in [0, 0.1) is 11.8 Å². The van der Waals surface area contributed by atoms with Gasteiger partial charge in [0.2, 0.25) is 0 Å². The van der Waals surface area contributed by atoms with E-state index in [0.717, 1.165) is 5.92 Å². The number of aliphatic hydroxyl groups excluding tert-OH is 1. The average molecular weight is 254 g/mol. The van der Waals surface area contributed by atoms with Crippen LogP contribution < -0.4 is 5.32 Å². The summed E-state index contributed by atoms with van der Waals surface area (Å²) in [7, 11) is 0. The van der Waals surface area contributed by atoms with Gasteiger partial charge in [0.25, 0.3) is 0 Å². The summed E-state index contributed by atoms with van der Waals surface area (Å²) >= 11 is 0. The van der Waals surface area contributed by atoms with Gasteiger partial charge in [0.15, 0.2) is 6.29 Å². The summed E-state index contributed by atoms with van der Waals surface area (Å²) < 4.78 is 5.69. The molecule has 4 heteroatoms. The van der Waals surface area contributed by atoms with Gasteiger partial charge in [0.05, 0.1) is 12.1 Å². The standard InChI is InChI=1S/C14H26N2O2/c1-7(2)5-9-11(15-9)13-16-10(6-8(3)4)12(16)14(17)18-13/h7-15,17H,5-6H2,1-4H3/t9-,10-,11+,12+,13-,14-,16?/m0/s1. The molecule has 0 saturated carbocycles. The first-order valence-corrected chi connectivity index (χ1v) is 7.36. The molecule has 1 unspecified atom stereocenters. The predicted octanol–water partition coefficient (Wildman–Crippen LogP) is 1.15. The highest BCUT2D eigenvalue weighted by atomic mass is 16.6. The molecule has 0 aromatic rings. The van der Waals surface area contributed by atoms with Crippen molar-refractivity contribution < 1.29 is 9.84 Å². The molecule has 3 aliphatic heterocycles. The fraction of sp³-hybridized carbons (Fsp3) is 1.00. The van der Waals surface area contributed by atoms with Gasteiger partial charge in [-0.1, -0.05) is 27.7 Å². The largest absolute Gasteiger partial charge is 0.366 e. The lowest BCUT2D eigenvalue weighted by atomic mass is 10.0. The molecule has 104 valence electrons. The van der Waals surface area contributed by atoms with Gasteiger partial charge < -0.3 is 15.2 Å². The maximum absolute atomic E-state index is 9.95. The average Bonchev–Trinajstić information content (AvgIpc) is 3.08. The Bertz CT molecular complexity index is 321. The van der Waals surface area contributed by atoms with Crippen LogP contribution in [-0.4, -0.2) is 46.7 Å². The number of ether oxygens (including phenoxy) is 1. The quantitative estimate of drug-likeness (QED) is 0.723. The smallest absolute Gasteiger partial charge is 0.173 e. The van der Waals surface area contributed by atoms with Gasteiger partial charge in [-0.2, -0.15) is 0 Å². The van der Waals surface area contributed by atoms with Crippen molar-refractivity contribution in [1.82, 2.24) is 10.2 Å². The van der Waals surface area contributed by atoms with E-state index in [4.69, 9.17) is 4.74 Å². The minimum Gasteiger partial charge on any atom is -0.366 e. The second-order valence-corrected chi connectivity index (χ2v) is 6.98. The summed E-state index contributed by atoms with van der Waals surface area (Å²) in [6.45, 7) is 9.00. The second kappa shape index (κ2) is 4.44. The van der Waals surface area contributed by atoms with Gasteiger partial charge >= 0.3 is 0 Å². The molecule has 3 rings (SSSR count). The highest BCUT2D eigenvalue weighted by Gasteiger charge is 2.66. The molecule has 2 N–H and O–H groups in total. The Balaban J connectivity index is 1.56. The number of aliphatic hydroxyl groups is 1. The molecule has 3 saturated heterocycles. The van der Waals surface area contributed by atoms with E-state index in [1.807, 2.05) is 0 Å². The van der Waals surface area contributed by atoms with Crippen LogP contribution in [0.25, 0.3) is 0 Å². The maximum Gasteiger partial charge on any atom is 0.173 e. The topological polar surface area (TPSA) is 54.4 Å². The van der Waals surface area contributed by atoms with Gasteiger partial charge in [-0.3, -0.25) is 4.90 Å². The third-order valence-corrected chi connectivity index (χ3v) is 4.37. The van der Waals surface area contributed by atoms with Gasteiger partial charge in [0.1, 0.15) is 6.23 Å². The van der Waals surface area contributed by atoms with E-state index >= 15 is 0 Å². The number of nitrogens with one attached hydrogen (secondary N) is 1. The monoisotopic (exact) mass is 254 g/mol. The molecule has 18 heavy (non-hydrogen) atoms. The number of rotatable bonds is 5. The lowest BCUT2D eigenvalue weighted by Gasteiger charge is -2.18. The summed E-state index contributed by atoms with van der Waals surface area (Å²) in [5.74, 6) is 1.40. The van der Waals surface area contributed by atoms with Crippen LogP contribution in [0.4, 0.5) is 0 Å². The minimum atomic E-state index is -0.569. The summed E-state index contributed by atoms with van der Waals surface area (Å²) in [5.41, 5.74) is 0. The van der Waals surface area contributed by atoms with Crippen molar-refractivity contribution in [2.24, 2.45) is 11.8 Å². The molecule has 3 heterocycles. The molecule has 3 fully saturated rings. The van der Waals surface area contributed by atoms with E-state index in [2.05, 4.69) is 37.9 Å². The van der Waals surface area contributed by atoms with Crippen molar-refractivity contribution in [2.75, 3.05) is 0 Å². The zero-order valence-electron chi connectivity index (χ0n) is 11.8. The van der Waals surface area contributed by atoms with Crippen LogP contribution in [0.15, 0.2) is 0 Å². The minimum absolute atomic E-state index is 0.109. The molecule has 0 radical (unpaired) electrons. The Morgan fingerprint density at radius 2 is 1.83 bits per heavy atom. The number of hydrogen-bond acceptors (Lipinski definition) is 4. The van der Waals surface area contributed by atoms with Crippen LogP contribution in [0.5, 0.6) is 0 Å². The zero-order chi connectivity index (χ0) is 13.0. The van der Waals surface area contributed by atoms with Crippen molar-refractivity contribution in [2.45, 2.75) is 77.2 Å².